The van der Waals surface area contributed by atoms with Crippen molar-refractivity contribution in [3.8, 4) is 0 Å². The lowest BCUT2D eigenvalue weighted by Gasteiger charge is -2.36. The predicted octanol–water partition coefficient (Wildman–Crippen LogP) is 2.04. The summed E-state index contributed by atoms with van der Waals surface area (Å²) in [6, 6.07) is 5.24. The highest BCUT2D eigenvalue weighted by molar-refractivity contribution is 6.33. The number of methoxy groups -OCH3 is 2. The Morgan fingerprint density at radius 1 is 1.14 bits per heavy atom. The van der Waals surface area contributed by atoms with Crippen LogP contribution in [-0.2, 0) is 23.9 Å². The topological polar surface area (TPSA) is 88.2 Å². The van der Waals surface area contributed by atoms with E-state index in [1.807, 2.05) is 17.9 Å². The van der Waals surface area contributed by atoms with Gasteiger partial charge in [0.15, 0.2) is 0 Å². The summed E-state index contributed by atoms with van der Waals surface area (Å²) >= 11 is 6.43. The highest BCUT2D eigenvalue weighted by atomic mass is 35.5. The Bertz CT molecular complexity index is 773. The molecule has 0 bridgehead atoms. The molecule has 0 saturated carbocycles. The van der Waals surface area contributed by atoms with Gasteiger partial charge < -0.3 is 24.6 Å². The van der Waals surface area contributed by atoms with Crippen LogP contribution in [0.3, 0.4) is 0 Å². The summed E-state index contributed by atoms with van der Waals surface area (Å²) in [6.07, 6.45) is 1.51. The molecule has 1 N–H and O–H groups in total. The molecule has 1 aromatic carbocycles. The molecule has 1 aliphatic rings. The van der Waals surface area contributed by atoms with Crippen LogP contribution in [0.15, 0.2) is 30.0 Å². The van der Waals surface area contributed by atoms with E-state index in [-0.39, 0.29) is 11.6 Å². The Kier molecular flexibility index (Phi) is 7.69. The number of benzene rings is 1. The van der Waals surface area contributed by atoms with Crippen molar-refractivity contribution in [2.45, 2.75) is 13.3 Å². The number of nitrogens with zero attached hydrogens (tertiary/aromatic N) is 2. The Balaban J connectivity index is 2.11. The van der Waals surface area contributed by atoms with E-state index in [4.69, 9.17) is 11.6 Å². The molecule has 0 aromatic heterocycles. The fourth-order valence-electron chi connectivity index (χ4n) is 2.85. The quantitative estimate of drug-likeness (QED) is 0.568. The third kappa shape index (κ3) is 5.39. The molecule has 1 fully saturated rings. The van der Waals surface area contributed by atoms with Gasteiger partial charge in [-0.1, -0.05) is 18.5 Å². The molecule has 0 radical (unpaired) electrons. The Morgan fingerprint density at radius 3 is 2.36 bits per heavy atom. The van der Waals surface area contributed by atoms with Gasteiger partial charge in [-0.15, -0.1) is 0 Å². The first-order chi connectivity index (χ1) is 13.4. The van der Waals surface area contributed by atoms with E-state index in [0.29, 0.717) is 43.3 Å². The van der Waals surface area contributed by atoms with Gasteiger partial charge in [-0.2, -0.15) is 0 Å². The SMILES string of the molecule is CCC(=O)N1CCN(c2ccc(N/C(=C/C(=O)OC)C(=O)OC)cc2Cl)CC1. The third-order valence-corrected chi connectivity index (χ3v) is 4.67. The summed E-state index contributed by atoms with van der Waals surface area (Å²) in [6.45, 7) is 4.53. The molecule has 1 amide bonds. The lowest BCUT2D eigenvalue weighted by atomic mass is 10.2. The number of piperazine rings is 1. The summed E-state index contributed by atoms with van der Waals surface area (Å²) in [7, 11) is 2.43. The molecule has 0 spiro atoms. The molecule has 1 heterocycles. The van der Waals surface area contributed by atoms with Crippen molar-refractivity contribution >= 4 is 40.8 Å². The highest BCUT2D eigenvalue weighted by Gasteiger charge is 2.22. The van der Waals surface area contributed by atoms with Crippen LogP contribution in [-0.4, -0.2) is 63.1 Å². The minimum absolute atomic E-state index is 0.0649. The van der Waals surface area contributed by atoms with Gasteiger partial charge in [-0.05, 0) is 18.2 Å². The van der Waals surface area contributed by atoms with E-state index in [9.17, 15) is 14.4 Å². The molecular formula is C19H24ClN3O5. The van der Waals surface area contributed by atoms with Crippen LogP contribution in [0.2, 0.25) is 5.02 Å². The van der Waals surface area contributed by atoms with Crippen molar-refractivity contribution in [3.05, 3.63) is 35.0 Å². The van der Waals surface area contributed by atoms with E-state index >= 15 is 0 Å². The van der Waals surface area contributed by atoms with Crippen molar-refractivity contribution in [2.24, 2.45) is 0 Å². The molecule has 0 unspecified atom stereocenters. The maximum absolute atomic E-state index is 11.8. The second-order valence-corrected chi connectivity index (χ2v) is 6.49. The zero-order valence-corrected chi connectivity index (χ0v) is 16.9. The zero-order chi connectivity index (χ0) is 20.7. The van der Waals surface area contributed by atoms with E-state index < -0.39 is 11.9 Å². The number of ether oxygens (including phenoxy) is 2. The lowest BCUT2D eigenvalue weighted by Crippen LogP contribution is -2.48. The fourth-order valence-corrected chi connectivity index (χ4v) is 3.15. The second kappa shape index (κ2) is 9.98. The Labute approximate surface area is 169 Å². The van der Waals surface area contributed by atoms with Crippen LogP contribution in [0.5, 0.6) is 0 Å². The van der Waals surface area contributed by atoms with E-state index in [2.05, 4.69) is 19.7 Å². The van der Waals surface area contributed by atoms with E-state index in [1.165, 1.54) is 14.2 Å². The smallest absolute Gasteiger partial charge is 0.354 e. The normalized spacial score (nSPS) is 14.5. The number of halogens is 1. The first-order valence-corrected chi connectivity index (χ1v) is 9.24. The number of esters is 2. The molecule has 1 aliphatic heterocycles. The predicted molar refractivity (Wildman–Crippen MR) is 106 cm³/mol. The van der Waals surface area contributed by atoms with Gasteiger partial charge >= 0.3 is 11.9 Å². The van der Waals surface area contributed by atoms with Crippen molar-refractivity contribution in [1.29, 1.82) is 0 Å². The highest BCUT2D eigenvalue weighted by Crippen LogP contribution is 2.30. The van der Waals surface area contributed by atoms with E-state index in [1.54, 1.807) is 12.1 Å². The average molecular weight is 410 g/mol. The summed E-state index contributed by atoms with van der Waals surface area (Å²) < 4.78 is 9.21. The monoisotopic (exact) mass is 409 g/mol. The number of carbonyl (C=O) groups excluding carboxylic acids is 3. The van der Waals surface area contributed by atoms with Crippen LogP contribution in [0.1, 0.15) is 13.3 Å². The summed E-state index contributed by atoms with van der Waals surface area (Å²) in [4.78, 5) is 39.0. The standard InChI is InChI=1S/C19H24ClN3O5/c1-4-17(24)23-9-7-22(8-10-23)16-6-5-13(11-14(16)20)21-15(19(26)28-3)12-18(25)27-2/h5-6,11-12,21H,4,7-10H2,1-3H3/b15-12+. The first-order valence-electron chi connectivity index (χ1n) is 8.86. The molecular weight excluding hydrogens is 386 g/mol. The lowest BCUT2D eigenvalue weighted by molar-refractivity contribution is -0.138. The fraction of sp³-hybridized carbons (Fsp3) is 0.421. The molecule has 8 nitrogen and oxygen atoms in total. The summed E-state index contributed by atoms with van der Waals surface area (Å²) in [5.74, 6) is -1.24. The number of anilines is 2. The van der Waals surface area contributed by atoms with Crippen LogP contribution in [0.4, 0.5) is 11.4 Å². The van der Waals surface area contributed by atoms with Gasteiger partial charge in [0, 0.05) is 38.3 Å². The van der Waals surface area contributed by atoms with Gasteiger partial charge in [0.25, 0.3) is 0 Å². The van der Waals surface area contributed by atoms with Crippen molar-refractivity contribution < 1.29 is 23.9 Å². The number of hydrogen-bond acceptors (Lipinski definition) is 7. The number of amides is 1. The minimum Gasteiger partial charge on any atom is -0.466 e. The van der Waals surface area contributed by atoms with Gasteiger partial charge in [-0.3, -0.25) is 4.79 Å². The number of rotatable bonds is 6. The van der Waals surface area contributed by atoms with Gasteiger partial charge in [0.2, 0.25) is 5.91 Å². The third-order valence-electron chi connectivity index (χ3n) is 4.37. The van der Waals surface area contributed by atoms with Crippen LogP contribution >= 0.6 is 11.6 Å². The number of nitrogens with one attached hydrogen (secondary N) is 1. The van der Waals surface area contributed by atoms with Crippen molar-refractivity contribution in [2.75, 3.05) is 50.6 Å². The summed E-state index contributed by atoms with van der Waals surface area (Å²) in [5.41, 5.74) is 1.30. The second-order valence-electron chi connectivity index (χ2n) is 6.09. The Morgan fingerprint density at radius 2 is 1.82 bits per heavy atom. The first kappa shape index (κ1) is 21.6. The van der Waals surface area contributed by atoms with Crippen LogP contribution < -0.4 is 10.2 Å². The van der Waals surface area contributed by atoms with Crippen LogP contribution in [0, 0.1) is 0 Å². The Hall–Kier alpha value is -2.74. The minimum atomic E-state index is -0.706. The molecule has 9 heteroatoms. The molecule has 2 rings (SSSR count). The largest absolute Gasteiger partial charge is 0.466 e. The molecule has 28 heavy (non-hydrogen) atoms. The maximum Gasteiger partial charge on any atom is 0.354 e. The molecule has 0 atom stereocenters. The van der Waals surface area contributed by atoms with Gasteiger partial charge in [0.1, 0.15) is 5.70 Å². The maximum atomic E-state index is 11.8. The van der Waals surface area contributed by atoms with Crippen molar-refractivity contribution in [3.63, 3.8) is 0 Å². The van der Waals surface area contributed by atoms with Crippen LogP contribution in [0.25, 0.3) is 0 Å². The molecule has 1 aromatic rings. The molecule has 0 aliphatic carbocycles. The molecule has 152 valence electrons. The molecule has 1 saturated heterocycles. The number of carbonyl (C=O) groups is 3. The van der Waals surface area contributed by atoms with E-state index in [0.717, 1.165) is 11.8 Å². The van der Waals surface area contributed by atoms with Gasteiger partial charge in [-0.25, -0.2) is 9.59 Å². The van der Waals surface area contributed by atoms with Crippen molar-refractivity contribution in [1.82, 2.24) is 4.90 Å². The average Bonchev–Trinajstić information content (AvgIpc) is 2.72. The summed E-state index contributed by atoms with van der Waals surface area (Å²) in [5, 5.41) is 3.31. The number of hydrogen-bond donors (Lipinski definition) is 1. The van der Waals surface area contributed by atoms with Gasteiger partial charge in [0.05, 0.1) is 31.0 Å². The zero-order valence-electron chi connectivity index (χ0n) is 16.2.